The average Bonchev–Trinajstić information content (AvgIpc) is 3.31. The molecule has 0 aliphatic heterocycles. The predicted molar refractivity (Wildman–Crippen MR) is 85.3 cm³/mol. The van der Waals surface area contributed by atoms with Crippen molar-refractivity contribution in [2.24, 2.45) is 0 Å². The number of nitrogens with one attached hydrogen (secondary N) is 1. The lowest BCUT2D eigenvalue weighted by atomic mass is 10.1. The van der Waals surface area contributed by atoms with Gasteiger partial charge in [-0.2, -0.15) is 0 Å². The van der Waals surface area contributed by atoms with E-state index in [1.807, 2.05) is 12.1 Å². The Morgan fingerprint density at radius 1 is 0.900 bits per heavy atom. The monoisotopic (exact) mass is 285 g/mol. The van der Waals surface area contributed by atoms with Gasteiger partial charge in [0.2, 0.25) is 0 Å². The second-order valence-electron chi connectivity index (χ2n) is 5.57. The van der Waals surface area contributed by atoms with Crippen molar-refractivity contribution in [1.82, 2.24) is 5.32 Å². The van der Waals surface area contributed by atoms with Gasteiger partial charge in [0, 0.05) is 11.6 Å². The van der Waals surface area contributed by atoms with Crippen LogP contribution in [0.1, 0.15) is 35.4 Å². The molecule has 0 heterocycles. The highest BCUT2D eigenvalue weighted by molar-refractivity contribution is 6.30. The Kier molecular flexibility index (Phi) is 4.39. The first-order valence-electron chi connectivity index (χ1n) is 7.35. The minimum Gasteiger partial charge on any atom is -0.312 e. The lowest BCUT2D eigenvalue weighted by molar-refractivity contribution is 0.687. The third-order valence-electron chi connectivity index (χ3n) is 3.86. The first-order chi connectivity index (χ1) is 9.81. The van der Waals surface area contributed by atoms with Gasteiger partial charge in [-0.25, -0.2) is 0 Å². The van der Waals surface area contributed by atoms with E-state index in [4.69, 9.17) is 11.6 Å². The Morgan fingerprint density at radius 2 is 1.55 bits per heavy atom. The minimum absolute atomic E-state index is 0.803. The molecule has 1 aliphatic rings. The topological polar surface area (TPSA) is 12.0 Å². The molecule has 0 unspecified atom stereocenters. The summed E-state index contributed by atoms with van der Waals surface area (Å²) >= 11 is 5.88. The molecule has 1 fully saturated rings. The zero-order valence-corrected chi connectivity index (χ0v) is 12.4. The molecule has 1 nitrogen and oxygen atoms in total. The summed E-state index contributed by atoms with van der Waals surface area (Å²) in [6, 6.07) is 17.2. The first-order valence-corrected chi connectivity index (χ1v) is 7.73. The van der Waals surface area contributed by atoms with Crippen molar-refractivity contribution in [1.29, 1.82) is 0 Å². The fraction of sp³-hybridized carbons (Fsp3) is 0.333. The van der Waals surface area contributed by atoms with Crippen molar-refractivity contribution >= 4 is 11.6 Å². The van der Waals surface area contributed by atoms with Crippen molar-refractivity contribution in [2.45, 2.75) is 31.7 Å². The van der Waals surface area contributed by atoms with E-state index in [2.05, 4.69) is 41.7 Å². The van der Waals surface area contributed by atoms with E-state index in [0.717, 1.165) is 30.5 Å². The molecule has 0 saturated heterocycles. The van der Waals surface area contributed by atoms with Gasteiger partial charge in [-0.1, -0.05) is 48.0 Å². The number of halogens is 1. The van der Waals surface area contributed by atoms with Gasteiger partial charge < -0.3 is 5.32 Å². The van der Waals surface area contributed by atoms with E-state index in [0.29, 0.717) is 0 Å². The van der Waals surface area contributed by atoms with E-state index in [-0.39, 0.29) is 0 Å². The number of rotatable bonds is 6. The van der Waals surface area contributed by atoms with Crippen molar-refractivity contribution in [3.63, 3.8) is 0 Å². The maximum Gasteiger partial charge on any atom is 0.0406 e. The highest BCUT2D eigenvalue weighted by Gasteiger charge is 2.22. The number of hydrogen-bond donors (Lipinski definition) is 1. The Labute approximate surface area is 126 Å². The van der Waals surface area contributed by atoms with Gasteiger partial charge in [0.05, 0.1) is 0 Å². The Balaban J connectivity index is 1.41. The molecule has 2 aromatic rings. The number of benzene rings is 2. The van der Waals surface area contributed by atoms with Crippen molar-refractivity contribution in [2.75, 3.05) is 6.54 Å². The van der Waals surface area contributed by atoms with E-state index in [1.54, 1.807) is 0 Å². The third-order valence-corrected chi connectivity index (χ3v) is 4.11. The summed E-state index contributed by atoms with van der Waals surface area (Å²) in [5.41, 5.74) is 4.20. The normalized spacial score (nSPS) is 14.4. The van der Waals surface area contributed by atoms with Crippen LogP contribution < -0.4 is 5.32 Å². The van der Waals surface area contributed by atoms with Gasteiger partial charge in [0.15, 0.2) is 0 Å². The Morgan fingerprint density at radius 3 is 2.20 bits per heavy atom. The Bertz CT molecular complexity index is 541. The largest absolute Gasteiger partial charge is 0.312 e. The molecule has 2 aromatic carbocycles. The van der Waals surface area contributed by atoms with Crippen LogP contribution in [0.15, 0.2) is 48.5 Å². The zero-order chi connectivity index (χ0) is 13.8. The average molecular weight is 286 g/mol. The van der Waals surface area contributed by atoms with Gasteiger partial charge in [-0.05, 0) is 60.5 Å². The van der Waals surface area contributed by atoms with Gasteiger partial charge >= 0.3 is 0 Å². The molecular weight excluding hydrogens is 266 g/mol. The van der Waals surface area contributed by atoms with E-state index < -0.39 is 0 Å². The Hall–Kier alpha value is -1.31. The molecule has 20 heavy (non-hydrogen) atoms. The van der Waals surface area contributed by atoms with Gasteiger partial charge in [0.1, 0.15) is 0 Å². The molecule has 0 radical (unpaired) electrons. The molecule has 104 valence electrons. The highest BCUT2D eigenvalue weighted by atomic mass is 35.5. The van der Waals surface area contributed by atoms with Gasteiger partial charge in [0.25, 0.3) is 0 Å². The molecule has 1 saturated carbocycles. The molecule has 0 atom stereocenters. The van der Waals surface area contributed by atoms with Crippen molar-refractivity contribution in [3.05, 3.63) is 70.2 Å². The van der Waals surface area contributed by atoms with Crippen LogP contribution >= 0.6 is 11.6 Å². The molecule has 0 amide bonds. The molecule has 0 bridgehead atoms. The predicted octanol–water partition coefficient (Wildman–Crippen LogP) is 4.55. The van der Waals surface area contributed by atoms with Crippen LogP contribution in [0.5, 0.6) is 0 Å². The summed E-state index contributed by atoms with van der Waals surface area (Å²) < 4.78 is 0. The van der Waals surface area contributed by atoms with Crippen LogP contribution in [0, 0.1) is 0 Å². The molecule has 3 rings (SSSR count). The lowest BCUT2D eigenvalue weighted by Crippen LogP contribution is -2.16. The van der Waals surface area contributed by atoms with Gasteiger partial charge in [-0.3, -0.25) is 0 Å². The van der Waals surface area contributed by atoms with E-state index >= 15 is 0 Å². The third kappa shape index (κ3) is 3.84. The maximum absolute atomic E-state index is 5.88. The summed E-state index contributed by atoms with van der Waals surface area (Å²) in [4.78, 5) is 0. The second-order valence-corrected chi connectivity index (χ2v) is 6.01. The van der Waals surface area contributed by atoms with Crippen LogP contribution in [0.3, 0.4) is 0 Å². The van der Waals surface area contributed by atoms with E-state index in [1.165, 1.54) is 29.5 Å². The van der Waals surface area contributed by atoms with Crippen LogP contribution in [0.4, 0.5) is 0 Å². The molecule has 1 N–H and O–H groups in total. The molecular formula is C18H20ClN. The van der Waals surface area contributed by atoms with Crippen LogP contribution in [0.25, 0.3) is 0 Å². The smallest absolute Gasteiger partial charge is 0.0406 e. The van der Waals surface area contributed by atoms with Crippen LogP contribution in [0.2, 0.25) is 5.02 Å². The molecule has 0 spiro atoms. The fourth-order valence-corrected chi connectivity index (χ4v) is 2.57. The van der Waals surface area contributed by atoms with Crippen molar-refractivity contribution in [3.8, 4) is 0 Å². The lowest BCUT2D eigenvalue weighted by Gasteiger charge is -2.06. The SMILES string of the molecule is Clc1ccc(CCNCc2ccc(C3CC3)cc2)cc1. The summed E-state index contributed by atoms with van der Waals surface area (Å²) in [5.74, 6) is 0.849. The van der Waals surface area contributed by atoms with E-state index in [9.17, 15) is 0 Å². The maximum atomic E-state index is 5.88. The van der Waals surface area contributed by atoms with Crippen LogP contribution in [-0.2, 0) is 13.0 Å². The molecule has 0 aromatic heterocycles. The first kappa shape index (κ1) is 13.7. The second kappa shape index (κ2) is 6.43. The fourth-order valence-electron chi connectivity index (χ4n) is 2.44. The minimum atomic E-state index is 0.803. The summed E-state index contributed by atoms with van der Waals surface area (Å²) in [7, 11) is 0. The molecule has 1 aliphatic carbocycles. The highest BCUT2D eigenvalue weighted by Crippen LogP contribution is 2.39. The quantitative estimate of drug-likeness (QED) is 0.768. The zero-order valence-electron chi connectivity index (χ0n) is 11.6. The number of hydrogen-bond acceptors (Lipinski definition) is 1. The summed E-state index contributed by atoms with van der Waals surface area (Å²) in [5, 5.41) is 4.30. The summed E-state index contributed by atoms with van der Waals surface area (Å²) in [6.45, 7) is 1.94. The molecule has 2 heteroatoms. The van der Waals surface area contributed by atoms with Gasteiger partial charge in [-0.15, -0.1) is 0 Å². The summed E-state index contributed by atoms with van der Waals surface area (Å²) in [6.07, 6.45) is 3.79. The van der Waals surface area contributed by atoms with Crippen LogP contribution in [-0.4, -0.2) is 6.54 Å². The van der Waals surface area contributed by atoms with Crippen molar-refractivity contribution < 1.29 is 0 Å². The standard InChI is InChI=1S/C18H20ClN/c19-18-9-3-14(4-10-18)11-12-20-13-15-1-5-16(6-2-15)17-7-8-17/h1-6,9-10,17,20H,7-8,11-13H2.